The fraction of sp³-hybridized carbons (Fsp3) is 0.667. The Morgan fingerprint density at radius 1 is 1.45 bits per heavy atom. The molecule has 0 spiro atoms. The van der Waals surface area contributed by atoms with Crippen LogP contribution in [-0.4, -0.2) is 35.5 Å². The molecular weight excluding hydrogens is 189 g/mol. The highest BCUT2D eigenvalue weighted by Gasteiger charge is 2.17. The van der Waals surface area contributed by atoms with Crippen molar-refractivity contribution in [2.24, 2.45) is 0 Å². The summed E-state index contributed by atoms with van der Waals surface area (Å²) in [6.07, 6.45) is -0.0448. The van der Waals surface area contributed by atoms with Crippen molar-refractivity contribution in [3.05, 3.63) is 0 Å². The molecule has 0 aliphatic carbocycles. The van der Waals surface area contributed by atoms with E-state index in [1.165, 1.54) is 4.90 Å². The molecule has 0 aliphatic heterocycles. The van der Waals surface area contributed by atoms with Crippen LogP contribution in [0.15, 0.2) is 0 Å². The molecule has 0 heterocycles. The molecule has 0 radical (unpaired) electrons. The normalized spacial score (nSPS) is 12.4. The zero-order valence-electron chi connectivity index (χ0n) is 6.30. The molecule has 3 nitrogen and oxygen atoms in total. The number of amides is 1. The van der Waals surface area contributed by atoms with E-state index in [9.17, 15) is 9.59 Å². The number of carbonyl (C=O) groups is 2. The second-order valence-corrected chi connectivity index (χ2v) is 3.16. The minimum atomic E-state index is -0.911. The first-order valence-corrected chi connectivity index (χ1v) is 3.80. The van der Waals surface area contributed by atoms with Gasteiger partial charge in [-0.2, -0.15) is 0 Å². The van der Waals surface area contributed by atoms with Gasteiger partial charge < -0.3 is 4.90 Å². The minimum absolute atomic E-state index is 0.0448. The Balaban J connectivity index is 3.85. The lowest BCUT2D eigenvalue weighted by Gasteiger charge is -2.10. The molecule has 1 unspecified atom stereocenters. The molecule has 0 aromatic heterocycles. The van der Waals surface area contributed by atoms with Gasteiger partial charge in [0.2, 0.25) is 11.1 Å². The van der Waals surface area contributed by atoms with Crippen molar-refractivity contribution < 1.29 is 9.59 Å². The van der Waals surface area contributed by atoms with Crippen molar-refractivity contribution in [1.82, 2.24) is 4.90 Å². The molecule has 1 amide bonds. The van der Waals surface area contributed by atoms with Crippen molar-refractivity contribution in [2.45, 2.75) is 11.8 Å². The van der Waals surface area contributed by atoms with E-state index >= 15 is 0 Å². The Hall–Kier alpha value is -0.280. The van der Waals surface area contributed by atoms with Gasteiger partial charge in [-0.3, -0.25) is 9.59 Å². The van der Waals surface area contributed by atoms with Crippen LogP contribution in [0.2, 0.25) is 0 Å². The zero-order chi connectivity index (χ0) is 9.02. The maximum atomic E-state index is 10.9. The summed E-state index contributed by atoms with van der Waals surface area (Å²) in [4.78, 5) is 22.6. The molecule has 0 aromatic rings. The van der Waals surface area contributed by atoms with Gasteiger partial charge in [0.15, 0.2) is 0 Å². The largest absolute Gasteiger partial charge is 0.349 e. The summed E-state index contributed by atoms with van der Waals surface area (Å²) in [5.41, 5.74) is 0. The molecule has 64 valence electrons. The average Bonchev–Trinajstić information content (AvgIpc) is 1.87. The van der Waals surface area contributed by atoms with Gasteiger partial charge in [-0.25, -0.2) is 0 Å². The molecule has 0 saturated carbocycles. The Labute approximate surface area is 75.3 Å². The van der Waals surface area contributed by atoms with E-state index in [4.69, 9.17) is 23.2 Å². The molecular formula is C6H9Cl2NO2. The van der Waals surface area contributed by atoms with Gasteiger partial charge in [-0.05, 0) is 11.6 Å². The summed E-state index contributed by atoms with van der Waals surface area (Å²) >= 11 is 10.5. The lowest BCUT2D eigenvalue weighted by molar-refractivity contribution is -0.129. The maximum Gasteiger partial charge on any atom is 0.240 e. The van der Waals surface area contributed by atoms with Crippen LogP contribution in [-0.2, 0) is 9.59 Å². The Morgan fingerprint density at radius 2 is 1.91 bits per heavy atom. The van der Waals surface area contributed by atoms with Crippen LogP contribution in [0.4, 0.5) is 0 Å². The Kier molecular flexibility index (Phi) is 4.45. The molecule has 0 fully saturated rings. The number of halogens is 2. The Morgan fingerprint density at radius 3 is 2.18 bits per heavy atom. The predicted molar refractivity (Wildman–Crippen MR) is 43.8 cm³/mol. The summed E-state index contributed by atoms with van der Waals surface area (Å²) < 4.78 is 0. The van der Waals surface area contributed by atoms with E-state index in [-0.39, 0.29) is 12.3 Å². The van der Waals surface area contributed by atoms with Gasteiger partial charge in [0.05, 0.1) is 6.42 Å². The quantitative estimate of drug-likeness (QED) is 0.497. The summed E-state index contributed by atoms with van der Waals surface area (Å²) in [5.74, 6) is -0.209. The van der Waals surface area contributed by atoms with Crippen molar-refractivity contribution in [3.8, 4) is 0 Å². The third-order valence-corrected chi connectivity index (χ3v) is 1.83. The van der Waals surface area contributed by atoms with Crippen molar-refractivity contribution >= 4 is 34.4 Å². The van der Waals surface area contributed by atoms with Crippen LogP contribution in [0.25, 0.3) is 0 Å². The number of rotatable bonds is 3. The lowest BCUT2D eigenvalue weighted by Crippen LogP contribution is -2.26. The van der Waals surface area contributed by atoms with E-state index in [2.05, 4.69) is 0 Å². The SMILES string of the molecule is CN(C)C(=O)CC(Cl)C(=O)Cl. The first-order valence-electron chi connectivity index (χ1n) is 2.98. The zero-order valence-corrected chi connectivity index (χ0v) is 7.82. The monoisotopic (exact) mass is 197 g/mol. The highest BCUT2D eigenvalue weighted by Crippen LogP contribution is 2.07. The molecule has 0 aromatic carbocycles. The van der Waals surface area contributed by atoms with Crippen molar-refractivity contribution in [3.63, 3.8) is 0 Å². The van der Waals surface area contributed by atoms with Crippen LogP contribution >= 0.6 is 23.2 Å². The predicted octanol–water partition coefficient (Wildman–Crippen LogP) is 0.837. The number of carbonyl (C=O) groups excluding carboxylic acids is 2. The van der Waals surface area contributed by atoms with Gasteiger partial charge >= 0.3 is 0 Å². The van der Waals surface area contributed by atoms with Crippen LogP contribution in [0.3, 0.4) is 0 Å². The highest BCUT2D eigenvalue weighted by molar-refractivity contribution is 6.69. The Bertz CT molecular complexity index is 170. The average molecular weight is 198 g/mol. The lowest BCUT2D eigenvalue weighted by atomic mass is 10.3. The molecule has 0 bridgehead atoms. The van der Waals surface area contributed by atoms with Gasteiger partial charge in [-0.1, -0.05) is 0 Å². The van der Waals surface area contributed by atoms with E-state index < -0.39 is 10.6 Å². The fourth-order valence-electron chi connectivity index (χ4n) is 0.416. The number of hydrogen-bond acceptors (Lipinski definition) is 2. The van der Waals surface area contributed by atoms with Gasteiger partial charge in [0, 0.05) is 14.1 Å². The van der Waals surface area contributed by atoms with E-state index in [0.29, 0.717) is 0 Å². The number of nitrogens with zero attached hydrogens (tertiary/aromatic N) is 1. The second kappa shape index (κ2) is 4.57. The number of hydrogen-bond donors (Lipinski definition) is 0. The van der Waals surface area contributed by atoms with Crippen LogP contribution in [0, 0.1) is 0 Å². The summed E-state index contributed by atoms with van der Waals surface area (Å²) in [6.45, 7) is 0. The maximum absolute atomic E-state index is 10.9. The van der Waals surface area contributed by atoms with Crippen LogP contribution < -0.4 is 0 Å². The van der Waals surface area contributed by atoms with Crippen molar-refractivity contribution in [1.29, 1.82) is 0 Å². The van der Waals surface area contributed by atoms with Crippen LogP contribution in [0.5, 0.6) is 0 Å². The first kappa shape index (κ1) is 10.7. The number of alkyl halides is 1. The van der Waals surface area contributed by atoms with Crippen molar-refractivity contribution in [2.75, 3.05) is 14.1 Å². The third kappa shape index (κ3) is 4.22. The summed E-state index contributed by atoms with van der Waals surface area (Å²) in [5, 5.41) is -1.60. The van der Waals surface area contributed by atoms with Gasteiger partial charge in [-0.15, -0.1) is 11.6 Å². The van der Waals surface area contributed by atoms with Gasteiger partial charge in [0.1, 0.15) is 5.38 Å². The fourth-order valence-corrected chi connectivity index (χ4v) is 0.625. The first-order chi connectivity index (χ1) is 4.95. The summed E-state index contributed by atoms with van der Waals surface area (Å²) in [6, 6.07) is 0. The molecule has 1 atom stereocenters. The molecule has 0 saturated heterocycles. The molecule has 0 N–H and O–H groups in total. The topological polar surface area (TPSA) is 37.4 Å². The van der Waals surface area contributed by atoms with E-state index in [1.807, 2.05) is 0 Å². The van der Waals surface area contributed by atoms with Crippen LogP contribution in [0.1, 0.15) is 6.42 Å². The van der Waals surface area contributed by atoms with E-state index in [1.54, 1.807) is 14.1 Å². The summed E-state index contributed by atoms with van der Waals surface area (Å²) in [7, 11) is 3.18. The smallest absolute Gasteiger partial charge is 0.240 e. The molecule has 5 heteroatoms. The van der Waals surface area contributed by atoms with Gasteiger partial charge in [0.25, 0.3) is 0 Å². The minimum Gasteiger partial charge on any atom is -0.349 e. The van der Waals surface area contributed by atoms with E-state index in [0.717, 1.165) is 0 Å². The standard InChI is InChI=1S/C6H9Cl2NO2/c1-9(2)5(10)3-4(7)6(8)11/h4H,3H2,1-2H3. The third-order valence-electron chi connectivity index (χ3n) is 1.10. The molecule has 0 rings (SSSR count). The molecule has 0 aliphatic rings. The molecule has 11 heavy (non-hydrogen) atoms. The highest BCUT2D eigenvalue weighted by atomic mass is 35.5. The second-order valence-electron chi connectivity index (χ2n) is 2.26.